The Kier molecular flexibility index (Phi) is 7.52. The van der Waals surface area contributed by atoms with Crippen molar-refractivity contribution in [3.63, 3.8) is 0 Å². The fraction of sp³-hybridized carbons (Fsp3) is 0.400. The second-order valence-electron chi connectivity index (χ2n) is 3.40. The van der Waals surface area contributed by atoms with Gasteiger partial charge in [-0.3, -0.25) is 0 Å². The van der Waals surface area contributed by atoms with Gasteiger partial charge in [-0.05, 0) is 13.3 Å². The Morgan fingerprint density at radius 1 is 1.16 bits per heavy atom. The molecule has 0 aromatic carbocycles. The van der Waals surface area contributed by atoms with Crippen molar-refractivity contribution >= 4 is 32.8 Å². The largest absolute Gasteiger partial charge is 0.467 e. The Labute approximate surface area is 109 Å². The number of ether oxygens (including phenoxy) is 1. The van der Waals surface area contributed by atoms with E-state index >= 15 is 0 Å². The average molecular weight is 281 g/mol. The fourth-order valence-corrected chi connectivity index (χ4v) is 2.60. The molecule has 0 atom stereocenters. The third-order valence-corrected chi connectivity index (χ3v) is 4.28. The minimum Gasteiger partial charge on any atom is -0.462 e. The van der Waals surface area contributed by atoms with Crippen LogP contribution < -0.4 is 0 Å². The van der Waals surface area contributed by atoms with Crippen LogP contribution in [-0.4, -0.2) is 39.4 Å². The van der Waals surface area contributed by atoms with Crippen molar-refractivity contribution in [2.75, 3.05) is 6.61 Å². The molecule has 9 heteroatoms. The number of hydrogen-bond donors (Lipinski definition) is 0. The van der Waals surface area contributed by atoms with Gasteiger partial charge in [-0.1, -0.05) is 6.58 Å². The molecule has 0 amide bonds. The van der Waals surface area contributed by atoms with Crippen molar-refractivity contribution in [2.24, 2.45) is 14.0 Å². The third kappa shape index (κ3) is 6.16. The van der Waals surface area contributed by atoms with Gasteiger partial charge in [0.15, 0.2) is 0 Å². The van der Waals surface area contributed by atoms with Gasteiger partial charge in [0.2, 0.25) is 18.2 Å². The number of carbonyl (C=O) groups excluding carboxylic acids is 4. The third-order valence-electron chi connectivity index (χ3n) is 1.91. The SMILES string of the molecule is C=C(C)C(=O)OCCC[Si](N=C=O)(N=C=O)N=C=O. The lowest BCUT2D eigenvalue weighted by Gasteiger charge is -2.10. The maximum Gasteiger partial charge on any atom is 0.467 e. The van der Waals surface area contributed by atoms with Crippen LogP contribution in [-0.2, 0) is 23.9 Å². The summed E-state index contributed by atoms with van der Waals surface area (Å²) in [6, 6.07) is 0.0240. The van der Waals surface area contributed by atoms with Crippen molar-refractivity contribution in [2.45, 2.75) is 19.4 Å². The predicted octanol–water partition coefficient (Wildman–Crippen LogP) is 0.442. The highest BCUT2D eigenvalue weighted by atomic mass is 28.4. The van der Waals surface area contributed by atoms with E-state index in [9.17, 15) is 19.2 Å². The summed E-state index contributed by atoms with van der Waals surface area (Å²) in [5.74, 6) is -0.566. The van der Waals surface area contributed by atoms with Crippen LogP contribution >= 0.6 is 0 Å². The van der Waals surface area contributed by atoms with Crippen LogP contribution in [0.2, 0.25) is 6.04 Å². The van der Waals surface area contributed by atoms with Crippen molar-refractivity contribution < 1.29 is 23.9 Å². The van der Waals surface area contributed by atoms with Gasteiger partial charge >= 0.3 is 14.5 Å². The molecule has 0 N–H and O–H groups in total. The molecule has 0 spiro atoms. The number of hydrogen-bond acceptors (Lipinski definition) is 8. The standard InChI is InChI=1S/C10H11N3O5Si/c1-9(2)10(17)18-4-3-5-19(11-6-14,12-7-15)13-8-16/h1,3-5H2,2H3. The number of carbonyl (C=O) groups is 1. The zero-order valence-corrected chi connectivity index (χ0v) is 11.2. The quantitative estimate of drug-likeness (QED) is 0.160. The first-order valence-corrected chi connectivity index (χ1v) is 7.16. The van der Waals surface area contributed by atoms with E-state index in [1.54, 1.807) is 0 Å². The molecule has 8 nitrogen and oxygen atoms in total. The van der Waals surface area contributed by atoms with Crippen molar-refractivity contribution in [3.8, 4) is 0 Å². The molecule has 0 bridgehead atoms. The minimum atomic E-state index is -3.50. The molecule has 0 rings (SSSR count). The Bertz CT molecular complexity index is 454. The van der Waals surface area contributed by atoms with E-state index in [0.29, 0.717) is 0 Å². The highest BCUT2D eigenvalue weighted by molar-refractivity contribution is 6.76. The molecule has 0 unspecified atom stereocenters. The molecule has 0 aromatic rings. The van der Waals surface area contributed by atoms with E-state index < -0.39 is 14.5 Å². The molecule has 0 aliphatic rings. The predicted molar refractivity (Wildman–Crippen MR) is 65.3 cm³/mol. The Morgan fingerprint density at radius 2 is 1.63 bits per heavy atom. The summed E-state index contributed by atoms with van der Waals surface area (Å²) < 4.78 is 14.7. The molecule has 0 saturated carbocycles. The lowest BCUT2D eigenvalue weighted by molar-refractivity contribution is -0.138. The topological polar surface area (TPSA) is 115 Å². The maximum absolute atomic E-state index is 11.1. The van der Waals surface area contributed by atoms with E-state index in [2.05, 4.69) is 20.6 Å². The molecular formula is C10H11N3O5Si. The summed E-state index contributed by atoms with van der Waals surface area (Å²) in [5, 5.41) is 0. The molecule has 0 radical (unpaired) electrons. The van der Waals surface area contributed by atoms with Gasteiger partial charge in [-0.2, -0.15) is 14.0 Å². The minimum absolute atomic E-state index is 0.00241. The van der Waals surface area contributed by atoms with E-state index in [-0.39, 0.29) is 24.6 Å². The number of rotatable bonds is 8. The zero-order valence-electron chi connectivity index (χ0n) is 10.2. The molecule has 0 heterocycles. The van der Waals surface area contributed by atoms with Crippen molar-refractivity contribution in [1.29, 1.82) is 0 Å². The fourth-order valence-electron chi connectivity index (χ4n) is 1.06. The first-order chi connectivity index (χ1) is 9.01. The van der Waals surface area contributed by atoms with Gasteiger partial charge in [0.05, 0.1) is 6.61 Å². The van der Waals surface area contributed by atoms with Crippen LogP contribution in [0.5, 0.6) is 0 Å². The normalized spacial score (nSPS) is 11.8. The van der Waals surface area contributed by atoms with E-state index in [0.717, 1.165) is 0 Å². The average Bonchev–Trinajstić information content (AvgIpc) is 2.35. The van der Waals surface area contributed by atoms with E-state index in [1.807, 2.05) is 0 Å². The molecular weight excluding hydrogens is 270 g/mol. The maximum atomic E-state index is 11.1. The molecule has 0 fully saturated rings. The Morgan fingerprint density at radius 3 is 2.00 bits per heavy atom. The van der Waals surface area contributed by atoms with Crippen LogP contribution in [0.15, 0.2) is 26.1 Å². The van der Waals surface area contributed by atoms with E-state index in [4.69, 9.17) is 4.74 Å². The van der Waals surface area contributed by atoms with Gasteiger partial charge in [0.1, 0.15) is 0 Å². The Balaban J connectivity index is 4.64. The van der Waals surface area contributed by atoms with Crippen LogP contribution in [0.4, 0.5) is 0 Å². The number of isocyanates is 3. The molecule has 19 heavy (non-hydrogen) atoms. The second kappa shape index (κ2) is 8.63. The van der Waals surface area contributed by atoms with Crippen molar-refractivity contribution in [3.05, 3.63) is 12.2 Å². The summed E-state index contributed by atoms with van der Waals surface area (Å²) in [5.41, 5.74) is 0.242. The van der Waals surface area contributed by atoms with Crippen LogP contribution in [0.1, 0.15) is 13.3 Å². The molecule has 0 saturated heterocycles. The summed E-state index contributed by atoms with van der Waals surface area (Å²) in [6.45, 7) is 4.88. The van der Waals surface area contributed by atoms with Gasteiger partial charge in [0, 0.05) is 11.6 Å². The molecule has 0 aliphatic heterocycles. The molecule has 0 aromatic heterocycles. The lowest BCUT2D eigenvalue weighted by Crippen LogP contribution is -2.28. The summed E-state index contributed by atoms with van der Waals surface area (Å²) in [6.07, 6.45) is 3.86. The number of esters is 1. The number of nitrogens with zero attached hydrogens (tertiary/aromatic N) is 3. The first kappa shape index (κ1) is 16.6. The van der Waals surface area contributed by atoms with Gasteiger partial charge in [-0.15, -0.1) is 0 Å². The smallest absolute Gasteiger partial charge is 0.462 e. The van der Waals surface area contributed by atoms with Crippen LogP contribution in [0.25, 0.3) is 0 Å². The summed E-state index contributed by atoms with van der Waals surface area (Å²) >= 11 is 0. The highest BCUT2D eigenvalue weighted by Crippen LogP contribution is 2.16. The van der Waals surface area contributed by atoms with Gasteiger partial charge in [-0.25, -0.2) is 19.2 Å². The van der Waals surface area contributed by atoms with Gasteiger partial charge in [0.25, 0.3) is 0 Å². The van der Waals surface area contributed by atoms with Crippen LogP contribution in [0.3, 0.4) is 0 Å². The van der Waals surface area contributed by atoms with Crippen molar-refractivity contribution in [1.82, 2.24) is 0 Å². The molecule has 0 aliphatic carbocycles. The lowest BCUT2D eigenvalue weighted by atomic mass is 10.4. The summed E-state index contributed by atoms with van der Waals surface area (Å²) in [4.78, 5) is 41.9. The van der Waals surface area contributed by atoms with E-state index in [1.165, 1.54) is 25.2 Å². The van der Waals surface area contributed by atoms with Gasteiger partial charge < -0.3 is 4.74 Å². The zero-order chi connectivity index (χ0) is 14.7. The summed E-state index contributed by atoms with van der Waals surface area (Å²) in [7, 11) is -3.50. The first-order valence-electron chi connectivity index (χ1n) is 5.11. The Hall–Kier alpha value is -2.43. The molecule has 100 valence electrons. The van der Waals surface area contributed by atoms with Crippen LogP contribution in [0, 0.1) is 0 Å². The second-order valence-corrected chi connectivity index (χ2v) is 6.12. The highest BCUT2D eigenvalue weighted by Gasteiger charge is 2.35. The monoisotopic (exact) mass is 281 g/mol.